The zero-order valence-electron chi connectivity index (χ0n) is 12.3. The molecule has 2 rings (SSSR count). The van der Waals surface area contributed by atoms with Crippen molar-refractivity contribution in [3.63, 3.8) is 0 Å². The Labute approximate surface area is 119 Å². The summed E-state index contributed by atoms with van der Waals surface area (Å²) in [6.45, 7) is 6.08. The molecule has 1 aliphatic carbocycles. The first-order valence-electron chi connectivity index (χ1n) is 7.50. The van der Waals surface area contributed by atoms with Crippen molar-refractivity contribution in [2.75, 3.05) is 29.9 Å². The average molecular weight is 283 g/mol. The molecule has 1 aliphatic rings. The van der Waals surface area contributed by atoms with Crippen LogP contribution in [-0.2, 0) is 0 Å². The fourth-order valence-corrected chi connectivity index (χ4v) is 2.40. The molecule has 0 saturated heterocycles. The Morgan fingerprint density at radius 3 is 2.60 bits per heavy atom. The normalized spacial score (nSPS) is 15.0. The van der Waals surface area contributed by atoms with Gasteiger partial charge in [-0.2, -0.15) is 0 Å². The van der Waals surface area contributed by atoms with E-state index in [0.717, 1.165) is 19.0 Å². The molecule has 1 heterocycles. The van der Waals surface area contributed by atoms with E-state index < -0.39 is 11.6 Å². The van der Waals surface area contributed by atoms with Crippen LogP contribution in [0.1, 0.15) is 39.5 Å². The molecule has 1 aromatic rings. The first-order valence-corrected chi connectivity index (χ1v) is 7.50. The van der Waals surface area contributed by atoms with Crippen molar-refractivity contribution in [3.05, 3.63) is 17.7 Å². The summed E-state index contributed by atoms with van der Waals surface area (Å²) in [4.78, 5) is 6.07. The van der Waals surface area contributed by atoms with E-state index in [0.29, 0.717) is 19.0 Å². The predicted octanol–water partition coefficient (Wildman–Crippen LogP) is 3.81. The molecule has 1 fully saturated rings. The van der Waals surface area contributed by atoms with E-state index in [1.807, 2.05) is 18.7 Å². The highest BCUT2D eigenvalue weighted by molar-refractivity contribution is 5.49. The lowest BCUT2D eigenvalue weighted by Crippen LogP contribution is -2.33. The van der Waals surface area contributed by atoms with Crippen LogP contribution in [-0.4, -0.2) is 24.6 Å². The fraction of sp³-hybridized carbons (Fsp3) is 0.667. The van der Waals surface area contributed by atoms with Crippen molar-refractivity contribution in [2.45, 2.75) is 39.5 Å². The lowest BCUT2D eigenvalue weighted by atomic mass is 9.85. The Morgan fingerprint density at radius 2 is 2.05 bits per heavy atom. The summed E-state index contributed by atoms with van der Waals surface area (Å²) in [5.74, 6) is -0.173. The summed E-state index contributed by atoms with van der Waals surface area (Å²) in [6, 6.07) is 0.934. The first-order chi connectivity index (χ1) is 9.65. The average Bonchev–Trinajstić information content (AvgIpc) is 2.38. The van der Waals surface area contributed by atoms with E-state index in [1.165, 1.54) is 19.3 Å². The van der Waals surface area contributed by atoms with Gasteiger partial charge >= 0.3 is 0 Å². The molecule has 0 radical (unpaired) electrons. The van der Waals surface area contributed by atoms with Crippen molar-refractivity contribution in [3.8, 4) is 0 Å². The van der Waals surface area contributed by atoms with Gasteiger partial charge in [-0.15, -0.1) is 0 Å². The summed E-state index contributed by atoms with van der Waals surface area (Å²) in [5.41, 5.74) is 0. The molecule has 3 nitrogen and oxygen atoms in total. The lowest BCUT2D eigenvalue weighted by molar-refractivity contribution is 0.317. The first kappa shape index (κ1) is 15.0. The maximum Gasteiger partial charge on any atom is 0.168 e. The second kappa shape index (κ2) is 6.86. The molecule has 1 saturated carbocycles. The summed E-state index contributed by atoms with van der Waals surface area (Å²) >= 11 is 0. The Hall–Kier alpha value is -1.39. The molecule has 0 amide bonds. The van der Waals surface area contributed by atoms with Crippen molar-refractivity contribution >= 4 is 11.6 Å². The second-order valence-corrected chi connectivity index (χ2v) is 5.39. The molecule has 1 aromatic heterocycles. The van der Waals surface area contributed by atoms with Crippen LogP contribution in [0.5, 0.6) is 0 Å². The van der Waals surface area contributed by atoms with Crippen molar-refractivity contribution in [1.29, 1.82) is 0 Å². The number of rotatable bonds is 7. The van der Waals surface area contributed by atoms with Crippen LogP contribution in [0.25, 0.3) is 0 Å². The topological polar surface area (TPSA) is 28.2 Å². The molecule has 0 aliphatic heterocycles. The number of halogens is 2. The molecular formula is C15H23F2N3. The minimum absolute atomic E-state index is 0.148. The minimum Gasteiger partial charge on any atom is -0.368 e. The maximum atomic E-state index is 14.0. The Morgan fingerprint density at radius 1 is 1.30 bits per heavy atom. The van der Waals surface area contributed by atoms with Crippen LogP contribution < -0.4 is 10.2 Å². The highest BCUT2D eigenvalue weighted by atomic mass is 19.1. The third-order valence-electron chi connectivity index (χ3n) is 3.84. The van der Waals surface area contributed by atoms with Crippen molar-refractivity contribution in [1.82, 2.24) is 4.98 Å². The summed E-state index contributed by atoms with van der Waals surface area (Å²) in [6.07, 6.45) is 4.51. The molecule has 0 atom stereocenters. The van der Waals surface area contributed by atoms with E-state index in [9.17, 15) is 8.78 Å². The van der Waals surface area contributed by atoms with Gasteiger partial charge in [0.15, 0.2) is 23.3 Å². The van der Waals surface area contributed by atoms with Crippen LogP contribution in [0.4, 0.5) is 20.4 Å². The molecule has 0 aromatic carbocycles. The summed E-state index contributed by atoms with van der Waals surface area (Å²) in [5, 5.41) is 2.91. The molecule has 1 N–H and O–H groups in total. The van der Waals surface area contributed by atoms with Crippen LogP contribution in [0, 0.1) is 17.6 Å². The van der Waals surface area contributed by atoms with Gasteiger partial charge < -0.3 is 10.2 Å². The fourth-order valence-electron chi connectivity index (χ4n) is 2.40. The van der Waals surface area contributed by atoms with Gasteiger partial charge in [0.25, 0.3) is 0 Å². The van der Waals surface area contributed by atoms with Gasteiger partial charge in [0, 0.05) is 25.7 Å². The van der Waals surface area contributed by atoms with E-state index in [-0.39, 0.29) is 11.6 Å². The standard InChI is InChI=1S/C15H23F2N3/c1-3-8-18-14-12(16)9-13(17)15(19-14)20(4-2)10-11-6-5-7-11/h9,11H,3-8,10H2,1-2H3,(H,18,19). The number of nitrogens with zero attached hydrogens (tertiary/aromatic N) is 2. The van der Waals surface area contributed by atoms with Gasteiger partial charge in [-0.3, -0.25) is 0 Å². The molecule has 112 valence electrons. The number of anilines is 2. The monoisotopic (exact) mass is 283 g/mol. The molecule has 5 heteroatoms. The van der Waals surface area contributed by atoms with E-state index in [2.05, 4.69) is 10.3 Å². The second-order valence-electron chi connectivity index (χ2n) is 5.39. The minimum atomic E-state index is -0.626. The summed E-state index contributed by atoms with van der Waals surface area (Å²) in [7, 11) is 0. The quantitative estimate of drug-likeness (QED) is 0.825. The van der Waals surface area contributed by atoms with Gasteiger partial charge in [-0.25, -0.2) is 13.8 Å². The molecule has 0 bridgehead atoms. The van der Waals surface area contributed by atoms with Crippen LogP contribution in [0.2, 0.25) is 0 Å². The van der Waals surface area contributed by atoms with Gasteiger partial charge in [-0.1, -0.05) is 13.3 Å². The largest absolute Gasteiger partial charge is 0.368 e. The maximum absolute atomic E-state index is 14.0. The predicted molar refractivity (Wildman–Crippen MR) is 78.2 cm³/mol. The zero-order valence-corrected chi connectivity index (χ0v) is 12.3. The zero-order chi connectivity index (χ0) is 14.5. The molecule has 0 spiro atoms. The van der Waals surface area contributed by atoms with Gasteiger partial charge in [-0.05, 0) is 32.1 Å². The number of aromatic nitrogens is 1. The van der Waals surface area contributed by atoms with Crippen LogP contribution >= 0.6 is 0 Å². The van der Waals surface area contributed by atoms with Crippen molar-refractivity contribution < 1.29 is 8.78 Å². The SMILES string of the molecule is CCCNc1nc(N(CC)CC2CCC2)c(F)cc1F. The van der Waals surface area contributed by atoms with Crippen LogP contribution in [0.15, 0.2) is 6.07 Å². The van der Waals surface area contributed by atoms with E-state index in [4.69, 9.17) is 0 Å². The highest BCUT2D eigenvalue weighted by Gasteiger charge is 2.23. The number of hydrogen-bond acceptors (Lipinski definition) is 3. The van der Waals surface area contributed by atoms with E-state index >= 15 is 0 Å². The smallest absolute Gasteiger partial charge is 0.168 e. The Bertz CT molecular complexity index is 447. The number of nitrogens with one attached hydrogen (secondary N) is 1. The van der Waals surface area contributed by atoms with Gasteiger partial charge in [0.1, 0.15) is 0 Å². The van der Waals surface area contributed by atoms with Crippen LogP contribution in [0.3, 0.4) is 0 Å². The molecule has 20 heavy (non-hydrogen) atoms. The van der Waals surface area contributed by atoms with E-state index in [1.54, 1.807) is 0 Å². The van der Waals surface area contributed by atoms with Gasteiger partial charge in [0.05, 0.1) is 0 Å². The molecule has 0 unspecified atom stereocenters. The Balaban J connectivity index is 2.18. The van der Waals surface area contributed by atoms with Gasteiger partial charge in [0.2, 0.25) is 0 Å². The number of hydrogen-bond donors (Lipinski definition) is 1. The third-order valence-corrected chi connectivity index (χ3v) is 3.84. The third kappa shape index (κ3) is 3.38. The summed E-state index contributed by atoms with van der Waals surface area (Å²) < 4.78 is 27.7. The Kier molecular flexibility index (Phi) is 5.15. The molecular weight excluding hydrogens is 260 g/mol. The lowest BCUT2D eigenvalue weighted by Gasteiger charge is -2.32. The number of pyridine rings is 1. The highest BCUT2D eigenvalue weighted by Crippen LogP contribution is 2.30. The van der Waals surface area contributed by atoms with Crippen molar-refractivity contribution in [2.24, 2.45) is 5.92 Å².